The summed E-state index contributed by atoms with van der Waals surface area (Å²) in [6, 6.07) is 2.82. The van der Waals surface area contributed by atoms with Crippen molar-refractivity contribution in [2.75, 3.05) is 5.32 Å². The van der Waals surface area contributed by atoms with Gasteiger partial charge < -0.3 is 15.7 Å². The lowest BCUT2D eigenvalue weighted by Gasteiger charge is -2.28. The summed E-state index contributed by atoms with van der Waals surface area (Å²) < 4.78 is 13.7. The molecule has 0 heterocycles. The first-order valence-electron chi connectivity index (χ1n) is 6.43. The number of carbonyl (C=O) groups excluding carboxylic acids is 1. The molecule has 0 radical (unpaired) electrons. The van der Waals surface area contributed by atoms with Gasteiger partial charge in [-0.15, -0.1) is 0 Å². The molecule has 5 nitrogen and oxygen atoms in total. The van der Waals surface area contributed by atoms with Gasteiger partial charge in [-0.2, -0.15) is 0 Å². The number of nitrogens with one attached hydrogen (secondary N) is 2. The maximum atomic E-state index is 13.7. The molecule has 0 unspecified atom stereocenters. The second-order valence-electron chi connectivity index (χ2n) is 4.85. The van der Waals surface area contributed by atoms with Gasteiger partial charge in [0.1, 0.15) is 5.82 Å². The van der Waals surface area contributed by atoms with Crippen LogP contribution in [0.2, 0.25) is 0 Å². The van der Waals surface area contributed by atoms with E-state index in [1.54, 1.807) is 0 Å². The van der Waals surface area contributed by atoms with E-state index in [0.29, 0.717) is 0 Å². The molecule has 2 amide bonds. The zero-order valence-electron chi connectivity index (χ0n) is 11.8. The van der Waals surface area contributed by atoms with E-state index >= 15 is 0 Å². The number of benzene rings is 1. The van der Waals surface area contributed by atoms with Crippen LogP contribution in [0.25, 0.3) is 0 Å². The standard InChI is InChI=1S/C14H19FN2O3/c1-4-14(3,5-2)17-13(20)16-11-7-6-9(12(18)19)8-10(11)15/h6-8H,4-5H2,1-3H3,(H,18,19)(H2,16,17,20). The molecule has 1 rings (SSSR count). The van der Waals surface area contributed by atoms with Gasteiger partial charge in [-0.25, -0.2) is 14.0 Å². The molecule has 110 valence electrons. The van der Waals surface area contributed by atoms with Crippen molar-refractivity contribution in [3.05, 3.63) is 29.6 Å². The zero-order chi connectivity index (χ0) is 15.3. The van der Waals surface area contributed by atoms with Gasteiger partial charge in [-0.1, -0.05) is 13.8 Å². The molecule has 0 aromatic heterocycles. The van der Waals surface area contributed by atoms with E-state index in [1.165, 1.54) is 12.1 Å². The van der Waals surface area contributed by atoms with Gasteiger partial charge in [0.2, 0.25) is 0 Å². The van der Waals surface area contributed by atoms with Crippen LogP contribution in [0.4, 0.5) is 14.9 Å². The Morgan fingerprint density at radius 3 is 2.35 bits per heavy atom. The first-order chi connectivity index (χ1) is 9.31. The second kappa shape index (κ2) is 6.36. The Morgan fingerprint density at radius 2 is 1.90 bits per heavy atom. The normalized spacial score (nSPS) is 11.0. The van der Waals surface area contributed by atoms with E-state index in [1.807, 2.05) is 20.8 Å². The molecule has 0 aliphatic rings. The van der Waals surface area contributed by atoms with E-state index in [2.05, 4.69) is 10.6 Å². The first-order valence-corrected chi connectivity index (χ1v) is 6.43. The van der Waals surface area contributed by atoms with Gasteiger partial charge in [0.05, 0.1) is 11.3 Å². The SMILES string of the molecule is CCC(C)(CC)NC(=O)Nc1ccc(C(=O)O)cc1F. The third-order valence-electron chi connectivity index (χ3n) is 3.44. The van der Waals surface area contributed by atoms with Crippen molar-refractivity contribution in [3.8, 4) is 0 Å². The fraction of sp³-hybridized carbons (Fsp3) is 0.429. The quantitative estimate of drug-likeness (QED) is 0.775. The number of halogens is 1. The highest BCUT2D eigenvalue weighted by Gasteiger charge is 2.22. The zero-order valence-corrected chi connectivity index (χ0v) is 11.8. The molecule has 0 atom stereocenters. The molecule has 0 fully saturated rings. The molecule has 1 aromatic rings. The average Bonchev–Trinajstić information content (AvgIpc) is 2.40. The first kappa shape index (κ1) is 15.9. The summed E-state index contributed by atoms with van der Waals surface area (Å²) in [5.74, 6) is -2.00. The third-order valence-corrected chi connectivity index (χ3v) is 3.44. The second-order valence-corrected chi connectivity index (χ2v) is 4.85. The lowest BCUT2D eigenvalue weighted by atomic mass is 9.96. The summed E-state index contributed by atoms with van der Waals surface area (Å²) >= 11 is 0. The molecule has 0 saturated heterocycles. The topological polar surface area (TPSA) is 78.4 Å². The Balaban J connectivity index is 2.79. The van der Waals surface area contributed by atoms with Crippen LogP contribution in [0.5, 0.6) is 0 Å². The summed E-state index contributed by atoms with van der Waals surface area (Å²) in [6.07, 6.45) is 1.49. The average molecular weight is 282 g/mol. The molecule has 20 heavy (non-hydrogen) atoms. The Labute approximate surface area is 117 Å². The summed E-state index contributed by atoms with van der Waals surface area (Å²) in [5.41, 5.74) is -0.579. The number of carboxylic acid groups (broad SMARTS) is 1. The van der Waals surface area contributed by atoms with E-state index in [0.717, 1.165) is 18.9 Å². The fourth-order valence-electron chi connectivity index (χ4n) is 1.60. The van der Waals surface area contributed by atoms with Crippen LogP contribution in [0.15, 0.2) is 18.2 Å². The van der Waals surface area contributed by atoms with Gasteiger partial charge in [0.15, 0.2) is 0 Å². The van der Waals surface area contributed by atoms with Gasteiger partial charge in [0, 0.05) is 5.54 Å². The van der Waals surface area contributed by atoms with E-state index in [9.17, 15) is 14.0 Å². The summed E-state index contributed by atoms with van der Waals surface area (Å²) in [4.78, 5) is 22.5. The lowest BCUT2D eigenvalue weighted by Crippen LogP contribution is -2.47. The van der Waals surface area contributed by atoms with Crippen LogP contribution in [-0.2, 0) is 0 Å². The molecule has 1 aromatic carbocycles. The van der Waals surface area contributed by atoms with Crippen LogP contribution in [0.3, 0.4) is 0 Å². The van der Waals surface area contributed by atoms with Crippen molar-refractivity contribution < 1.29 is 19.1 Å². The van der Waals surface area contributed by atoms with Gasteiger partial charge in [-0.3, -0.25) is 0 Å². The number of carbonyl (C=O) groups is 2. The molecule has 0 spiro atoms. The molecule has 6 heteroatoms. The van der Waals surface area contributed by atoms with E-state index < -0.39 is 17.8 Å². The molecular formula is C14H19FN2O3. The van der Waals surface area contributed by atoms with Crippen molar-refractivity contribution in [2.24, 2.45) is 0 Å². The van der Waals surface area contributed by atoms with E-state index in [4.69, 9.17) is 5.11 Å². The summed E-state index contributed by atoms with van der Waals surface area (Å²) in [5, 5.41) is 13.9. The monoisotopic (exact) mass is 282 g/mol. The van der Waals surface area contributed by atoms with Crippen molar-refractivity contribution in [3.63, 3.8) is 0 Å². The number of aromatic carboxylic acids is 1. The van der Waals surface area contributed by atoms with Crippen molar-refractivity contribution in [1.82, 2.24) is 5.32 Å². The number of urea groups is 1. The number of rotatable bonds is 5. The summed E-state index contributed by atoms with van der Waals surface area (Å²) in [7, 11) is 0. The van der Waals surface area contributed by atoms with Crippen LogP contribution in [-0.4, -0.2) is 22.6 Å². The minimum atomic E-state index is -1.22. The number of carboxylic acids is 1. The Hall–Kier alpha value is -2.11. The Morgan fingerprint density at radius 1 is 1.30 bits per heavy atom. The highest BCUT2D eigenvalue weighted by Crippen LogP contribution is 2.17. The summed E-state index contributed by atoms with van der Waals surface area (Å²) in [6.45, 7) is 5.80. The highest BCUT2D eigenvalue weighted by atomic mass is 19.1. The lowest BCUT2D eigenvalue weighted by molar-refractivity contribution is 0.0696. The van der Waals surface area contributed by atoms with Gasteiger partial charge in [0.25, 0.3) is 0 Å². The van der Waals surface area contributed by atoms with Gasteiger partial charge in [-0.05, 0) is 38.0 Å². The van der Waals surface area contributed by atoms with Crippen molar-refractivity contribution in [2.45, 2.75) is 39.2 Å². The highest BCUT2D eigenvalue weighted by molar-refractivity contribution is 5.92. The largest absolute Gasteiger partial charge is 0.478 e. The predicted molar refractivity (Wildman–Crippen MR) is 74.5 cm³/mol. The molecule has 0 bridgehead atoms. The maximum absolute atomic E-state index is 13.7. The predicted octanol–water partition coefficient (Wildman–Crippen LogP) is 3.22. The number of hydrogen-bond donors (Lipinski definition) is 3. The molecule has 0 saturated carbocycles. The number of anilines is 1. The van der Waals surface area contributed by atoms with Crippen LogP contribution >= 0.6 is 0 Å². The number of amides is 2. The van der Waals surface area contributed by atoms with E-state index in [-0.39, 0.29) is 16.8 Å². The maximum Gasteiger partial charge on any atom is 0.335 e. The van der Waals surface area contributed by atoms with Crippen LogP contribution < -0.4 is 10.6 Å². The Bertz CT molecular complexity index is 513. The molecular weight excluding hydrogens is 263 g/mol. The molecule has 3 N–H and O–H groups in total. The van der Waals surface area contributed by atoms with Crippen molar-refractivity contribution in [1.29, 1.82) is 0 Å². The molecule has 0 aliphatic heterocycles. The Kier molecular flexibility index (Phi) is 5.07. The minimum absolute atomic E-state index is 0.0537. The third kappa shape index (κ3) is 3.94. The fourth-order valence-corrected chi connectivity index (χ4v) is 1.60. The van der Waals surface area contributed by atoms with Crippen LogP contribution in [0, 0.1) is 5.82 Å². The van der Waals surface area contributed by atoms with Gasteiger partial charge >= 0.3 is 12.0 Å². The number of hydrogen-bond acceptors (Lipinski definition) is 2. The smallest absolute Gasteiger partial charge is 0.335 e. The minimum Gasteiger partial charge on any atom is -0.478 e. The molecule has 0 aliphatic carbocycles. The van der Waals surface area contributed by atoms with Crippen LogP contribution in [0.1, 0.15) is 44.0 Å². The van der Waals surface area contributed by atoms with Crippen molar-refractivity contribution >= 4 is 17.7 Å².